The van der Waals surface area contributed by atoms with Crippen LogP contribution in [0.1, 0.15) is 24.8 Å². The van der Waals surface area contributed by atoms with Crippen molar-refractivity contribution in [3.8, 4) is 0 Å². The molecular formula is C14H21NO. The Bertz CT molecular complexity index is 293. The minimum atomic E-state index is 0.447. The van der Waals surface area contributed by atoms with Gasteiger partial charge in [0.15, 0.2) is 0 Å². The first-order valence-electron chi connectivity index (χ1n) is 6.18. The highest BCUT2D eigenvalue weighted by Crippen LogP contribution is 2.14. The molecule has 1 heterocycles. The predicted octanol–water partition coefficient (Wildman–Crippen LogP) is 2.69. The van der Waals surface area contributed by atoms with Gasteiger partial charge in [-0.3, -0.25) is 4.90 Å². The van der Waals surface area contributed by atoms with Crippen LogP contribution in [0.4, 0.5) is 0 Å². The second kappa shape index (κ2) is 6.02. The van der Waals surface area contributed by atoms with E-state index >= 15 is 0 Å². The Morgan fingerprint density at radius 1 is 1.25 bits per heavy atom. The molecule has 1 aliphatic heterocycles. The largest absolute Gasteiger partial charge is 0.377 e. The SMILES string of the molecule is CN(Cc1ccccc1)CC1CCCCO1. The lowest BCUT2D eigenvalue weighted by molar-refractivity contribution is -0.00259. The van der Waals surface area contributed by atoms with E-state index in [0.717, 1.165) is 19.7 Å². The molecule has 2 nitrogen and oxygen atoms in total. The van der Waals surface area contributed by atoms with Crippen LogP contribution in [-0.2, 0) is 11.3 Å². The van der Waals surface area contributed by atoms with E-state index < -0.39 is 0 Å². The van der Waals surface area contributed by atoms with Gasteiger partial charge in [0.25, 0.3) is 0 Å². The van der Waals surface area contributed by atoms with Crippen molar-refractivity contribution in [2.45, 2.75) is 31.9 Å². The van der Waals surface area contributed by atoms with E-state index in [1.165, 1.54) is 24.8 Å². The molecule has 1 atom stereocenters. The van der Waals surface area contributed by atoms with Crippen LogP contribution in [0.2, 0.25) is 0 Å². The zero-order valence-corrected chi connectivity index (χ0v) is 10.1. The molecule has 16 heavy (non-hydrogen) atoms. The second-order valence-electron chi connectivity index (χ2n) is 4.67. The summed E-state index contributed by atoms with van der Waals surface area (Å²) in [6.07, 6.45) is 4.23. The van der Waals surface area contributed by atoms with Gasteiger partial charge in [0, 0.05) is 19.7 Å². The van der Waals surface area contributed by atoms with Crippen LogP contribution < -0.4 is 0 Å². The highest BCUT2D eigenvalue weighted by molar-refractivity contribution is 5.14. The summed E-state index contributed by atoms with van der Waals surface area (Å²) in [5, 5.41) is 0. The molecule has 0 N–H and O–H groups in total. The summed E-state index contributed by atoms with van der Waals surface area (Å²) in [6.45, 7) is 3.01. The second-order valence-corrected chi connectivity index (χ2v) is 4.67. The van der Waals surface area contributed by atoms with Crippen molar-refractivity contribution in [2.24, 2.45) is 0 Å². The highest BCUT2D eigenvalue weighted by atomic mass is 16.5. The molecule has 1 fully saturated rings. The van der Waals surface area contributed by atoms with Gasteiger partial charge in [0.05, 0.1) is 6.10 Å². The molecule has 1 aromatic rings. The van der Waals surface area contributed by atoms with Crippen LogP contribution >= 0.6 is 0 Å². The van der Waals surface area contributed by atoms with Gasteiger partial charge in [-0.1, -0.05) is 30.3 Å². The van der Waals surface area contributed by atoms with Crippen LogP contribution in [0.5, 0.6) is 0 Å². The van der Waals surface area contributed by atoms with E-state index in [0.29, 0.717) is 6.10 Å². The van der Waals surface area contributed by atoms with Crippen LogP contribution in [-0.4, -0.2) is 31.2 Å². The Morgan fingerprint density at radius 3 is 2.75 bits per heavy atom. The van der Waals surface area contributed by atoms with E-state index in [1.807, 2.05) is 0 Å². The Kier molecular flexibility index (Phi) is 4.37. The molecule has 2 heteroatoms. The van der Waals surface area contributed by atoms with Crippen molar-refractivity contribution >= 4 is 0 Å². The molecule has 0 saturated carbocycles. The van der Waals surface area contributed by atoms with Crippen molar-refractivity contribution < 1.29 is 4.74 Å². The fourth-order valence-corrected chi connectivity index (χ4v) is 2.26. The molecule has 0 radical (unpaired) electrons. The van der Waals surface area contributed by atoms with Gasteiger partial charge in [0.2, 0.25) is 0 Å². The maximum Gasteiger partial charge on any atom is 0.0702 e. The molecule has 0 bridgehead atoms. The molecule has 0 aromatic heterocycles. The molecule has 1 aromatic carbocycles. The Balaban J connectivity index is 1.77. The summed E-state index contributed by atoms with van der Waals surface area (Å²) in [5.74, 6) is 0. The molecule has 1 aliphatic rings. The van der Waals surface area contributed by atoms with Crippen LogP contribution in [0.15, 0.2) is 30.3 Å². The lowest BCUT2D eigenvalue weighted by Gasteiger charge is -2.27. The number of hydrogen-bond acceptors (Lipinski definition) is 2. The van der Waals surface area contributed by atoms with Gasteiger partial charge in [-0.15, -0.1) is 0 Å². The molecule has 0 aliphatic carbocycles. The average molecular weight is 219 g/mol. The van der Waals surface area contributed by atoms with Crippen molar-refractivity contribution in [1.82, 2.24) is 4.90 Å². The standard InChI is InChI=1S/C14H21NO/c1-15(11-13-7-3-2-4-8-13)12-14-9-5-6-10-16-14/h2-4,7-8,14H,5-6,9-12H2,1H3. The van der Waals surface area contributed by atoms with Gasteiger partial charge in [-0.25, -0.2) is 0 Å². The number of nitrogens with zero attached hydrogens (tertiary/aromatic N) is 1. The maximum absolute atomic E-state index is 5.74. The Morgan fingerprint density at radius 2 is 2.06 bits per heavy atom. The zero-order valence-electron chi connectivity index (χ0n) is 10.1. The summed E-state index contributed by atoms with van der Waals surface area (Å²) in [6, 6.07) is 10.6. The van der Waals surface area contributed by atoms with E-state index in [2.05, 4.69) is 42.3 Å². The number of benzene rings is 1. The fourth-order valence-electron chi connectivity index (χ4n) is 2.26. The monoisotopic (exact) mass is 219 g/mol. The number of hydrogen-bond donors (Lipinski definition) is 0. The lowest BCUT2D eigenvalue weighted by atomic mass is 10.1. The summed E-state index contributed by atoms with van der Waals surface area (Å²) in [7, 11) is 2.17. The molecule has 88 valence electrons. The van der Waals surface area contributed by atoms with Crippen LogP contribution in [0.3, 0.4) is 0 Å². The normalized spacial score (nSPS) is 21.2. The van der Waals surface area contributed by atoms with Crippen LogP contribution in [0, 0.1) is 0 Å². The van der Waals surface area contributed by atoms with Crippen LogP contribution in [0.25, 0.3) is 0 Å². The molecule has 1 unspecified atom stereocenters. The lowest BCUT2D eigenvalue weighted by Crippen LogP contribution is -2.33. The first-order chi connectivity index (χ1) is 7.84. The van der Waals surface area contributed by atoms with Crippen molar-refractivity contribution in [3.63, 3.8) is 0 Å². The van der Waals surface area contributed by atoms with Crippen molar-refractivity contribution in [3.05, 3.63) is 35.9 Å². The Labute approximate surface area is 98.2 Å². The maximum atomic E-state index is 5.74. The summed E-state index contributed by atoms with van der Waals surface area (Å²) in [4.78, 5) is 2.35. The fraction of sp³-hybridized carbons (Fsp3) is 0.571. The van der Waals surface area contributed by atoms with E-state index in [1.54, 1.807) is 0 Å². The van der Waals surface area contributed by atoms with Crippen molar-refractivity contribution in [1.29, 1.82) is 0 Å². The number of likely N-dealkylation sites (N-methyl/N-ethyl adjacent to an activating group) is 1. The smallest absolute Gasteiger partial charge is 0.0702 e. The van der Waals surface area contributed by atoms with Gasteiger partial charge < -0.3 is 4.74 Å². The Hall–Kier alpha value is -0.860. The zero-order chi connectivity index (χ0) is 11.2. The molecule has 0 spiro atoms. The van der Waals surface area contributed by atoms with E-state index in [4.69, 9.17) is 4.74 Å². The average Bonchev–Trinajstić information content (AvgIpc) is 2.31. The minimum absolute atomic E-state index is 0.447. The summed E-state index contributed by atoms with van der Waals surface area (Å²) >= 11 is 0. The van der Waals surface area contributed by atoms with Crippen molar-refractivity contribution in [2.75, 3.05) is 20.2 Å². The van der Waals surface area contributed by atoms with E-state index in [-0.39, 0.29) is 0 Å². The first-order valence-corrected chi connectivity index (χ1v) is 6.18. The molecule has 0 amide bonds. The first kappa shape index (κ1) is 11.6. The van der Waals surface area contributed by atoms with Gasteiger partial charge in [0.1, 0.15) is 0 Å². The molecule has 2 rings (SSSR count). The summed E-state index contributed by atoms with van der Waals surface area (Å²) < 4.78 is 5.74. The predicted molar refractivity (Wildman–Crippen MR) is 66.4 cm³/mol. The third-order valence-corrected chi connectivity index (χ3v) is 3.08. The number of ether oxygens (including phenoxy) is 1. The minimum Gasteiger partial charge on any atom is -0.377 e. The molecule has 1 saturated heterocycles. The number of rotatable bonds is 4. The van der Waals surface area contributed by atoms with Gasteiger partial charge >= 0.3 is 0 Å². The van der Waals surface area contributed by atoms with E-state index in [9.17, 15) is 0 Å². The topological polar surface area (TPSA) is 12.5 Å². The van der Waals surface area contributed by atoms with Gasteiger partial charge in [-0.05, 0) is 31.9 Å². The van der Waals surface area contributed by atoms with Gasteiger partial charge in [-0.2, -0.15) is 0 Å². The molecular weight excluding hydrogens is 198 g/mol. The third kappa shape index (κ3) is 3.62. The quantitative estimate of drug-likeness (QED) is 0.772. The highest BCUT2D eigenvalue weighted by Gasteiger charge is 2.15. The summed E-state index contributed by atoms with van der Waals surface area (Å²) in [5.41, 5.74) is 1.38. The third-order valence-electron chi connectivity index (χ3n) is 3.08.